The first kappa shape index (κ1) is 16.7. The molecule has 112 valence electrons. The fraction of sp³-hybridized carbons (Fsp3) is 0.357. The second-order valence-corrected chi connectivity index (χ2v) is 5.36. The average molecular weight is 308 g/mol. The minimum absolute atomic E-state index is 0.146. The number of hydrogen-bond acceptors (Lipinski definition) is 7. The van der Waals surface area contributed by atoms with Crippen molar-refractivity contribution in [2.75, 3.05) is 12.3 Å². The van der Waals surface area contributed by atoms with E-state index in [-0.39, 0.29) is 34.2 Å². The van der Waals surface area contributed by atoms with E-state index in [2.05, 4.69) is 0 Å². The summed E-state index contributed by atoms with van der Waals surface area (Å²) in [6.07, 6.45) is 1.33. The molecule has 1 rings (SSSR count). The van der Waals surface area contributed by atoms with Crippen molar-refractivity contribution in [1.29, 1.82) is 5.26 Å². The normalized spacial score (nSPS) is 9.62. The van der Waals surface area contributed by atoms with Gasteiger partial charge in [-0.05, 0) is 20.8 Å². The maximum absolute atomic E-state index is 11.8. The predicted octanol–water partition coefficient (Wildman–Crippen LogP) is 2.39. The fourth-order valence-corrected chi connectivity index (χ4v) is 2.44. The van der Waals surface area contributed by atoms with Crippen molar-refractivity contribution >= 4 is 28.3 Å². The van der Waals surface area contributed by atoms with Crippen LogP contribution in [0.4, 0.5) is 5.00 Å². The van der Waals surface area contributed by atoms with Crippen LogP contribution >= 0.6 is 11.3 Å². The Kier molecular flexibility index (Phi) is 5.93. The smallest absolute Gasteiger partial charge is 0.348 e. The van der Waals surface area contributed by atoms with Gasteiger partial charge in [0.1, 0.15) is 22.6 Å². The molecule has 0 aliphatic heterocycles. The standard InChI is InChI=1S/C14H16N2O4S/c1-4-19-14(18)12-10(9(6-15)13(16)21-12)7-20-11(17)5-8(2)3/h5H,4,7,16H2,1-3H3. The van der Waals surface area contributed by atoms with Gasteiger partial charge in [0, 0.05) is 11.6 Å². The topological polar surface area (TPSA) is 102 Å². The molecule has 0 aliphatic rings. The zero-order valence-electron chi connectivity index (χ0n) is 12.1. The lowest BCUT2D eigenvalue weighted by molar-refractivity contribution is -0.139. The second kappa shape index (κ2) is 7.45. The summed E-state index contributed by atoms with van der Waals surface area (Å²) < 4.78 is 9.95. The molecule has 0 saturated heterocycles. The lowest BCUT2D eigenvalue weighted by Gasteiger charge is -2.05. The summed E-state index contributed by atoms with van der Waals surface area (Å²) in [5.41, 5.74) is 6.93. The SMILES string of the molecule is CCOC(=O)c1sc(N)c(C#N)c1COC(=O)C=C(C)C. The summed E-state index contributed by atoms with van der Waals surface area (Å²) >= 11 is 0.953. The van der Waals surface area contributed by atoms with Gasteiger partial charge in [-0.15, -0.1) is 11.3 Å². The summed E-state index contributed by atoms with van der Waals surface area (Å²) in [6, 6.07) is 1.92. The molecule has 1 heterocycles. The quantitative estimate of drug-likeness (QED) is 0.662. The van der Waals surface area contributed by atoms with E-state index in [0.717, 1.165) is 16.9 Å². The number of nitriles is 1. The molecule has 2 N–H and O–H groups in total. The lowest BCUT2D eigenvalue weighted by Crippen LogP contribution is -2.09. The van der Waals surface area contributed by atoms with E-state index >= 15 is 0 Å². The van der Waals surface area contributed by atoms with Gasteiger partial charge in [0.05, 0.1) is 12.2 Å². The number of nitrogen functional groups attached to an aromatic ring is 1. The predicted molar refractivity (Wildman–Crippen MR) is 78.6 cm³/mol. The minimum Gasteiger partial charge on any atom is -0.462 e. The molecule has 0 aromatic carbocycles. The highest BCUT2D eigenvalue weighted by Crippen LogP contribution is 2.31. The molecule has 1 aromatic heterocycles. The monoisotopic (exact) mass is 308 g/mol. The van der Waals surface area contributed by atoms with Crippen LogP contribution in [-0.2, 0) is 20.9 Å². The molecule has 7 heteroatoms. The van der Waals surface area contributed by atoms with Crippen molar-refractivity contribution in [3.05, 3.63) is 27.7 Å². The van der Waals surface area contributed by atoms with E-state index in [4.69, 9.17) is 20.5 Å². The molecular formula is C14H16N2O4S. The third-order valence-corrected chi connectivity index (χ3v) is 3.41. The Balaban J connectivity index is 3.04. The first-order valence-electron chi connectivity index (χ1n) is 6.20. The first-order chi connectivity index (χ1) is 9.90. The van der Waals surface area contributed by atoms with E-state index in [9.17, 15) is 9.59 Å². The van der Waals surface area contributed by atoms with Crippen molar-refractivity contribution in [3.63, 3.8) is 0 Å². The molecule has 0 bridgehead atoms. The summed E-state index contributed by atoms with van der Waals surface area (Å²) in [4.78, 5) is 23.5. The van der Waals surface area contributed by atoms with E-state index in [0.29, 0.717) is 0 Å². The number of carbonyl (C=O) groups is 2. The molecule has 6 nitrogen and oxygen atoms in total. The molecule has 0 amide bonds. The zero-order chi connectivity index (χ0) is 16.0. The Hall–Kier alpha value is -2.33. The summed E-state index contributed by atoms with van der Waals surface area (Å²) in [7, 11) is 0. The Morgan fingerprint density at radius 2 is 2.05 bits per heavy atom. The number of allylic oxidation sites excluding steroid dienone is 1. The van der Waals surface area contributed by atoms with Crippen LogP contribution in [-0.4, -0.2) is 18.5 Å². The van der Waals surface area contributed by atoms with Crippen molar-refractivity contribution in [2.45, 2.75) is 27.4 Å². The number of esters is 2. The van der Waals surface area contributed by atoms with Crippen LogP contribution in [0.2, 0.25) is 0 Å². The molecule has 0 saturated carbocycles. The molecule has 1 aromatic rings. The molecular weight excluding hydrogens is 292 g/mol. The van der Waals surface area contributed by atoms with Gasteiger partial charge in [-0.2, -0.15) is 5.26 Å². The van der Waals surface area contributed by atoms with Gasteiger partial charge in [0.25, 0.3) is 0 Å². The summed E-state index contributed by atoms with van der Waals surface area (Å²) in [6.45, 7) is 5.20. The Bertz CT molecular complexity index is 622. The Labute approximate surface area is 126 Å². The van der Waals surface area contributed by atoms with Crippen LogP contribution in [0.1, 0.15) is 41.6 Å². The lowest BCUT2D eigenvalue weighted by atomic mass is 10.1. The maximum atomic E-state index is 11.8. The van der Waals surface area contributed by atoms with Crippen molar-refractivity contribution in [1.82, 2.24) is 0 Å². The second-order valence-electron chi connectivity index (χ2n) is 4.31. The van der Waals surface area contributed by atoms with Gasteiger partial charge in [0.2, 0.25) is 0 Å². The number of nitrogens with zero attached hydrogens (tertiary/aromatic N) is 1. The molecule has 0 spiro atoms. The van der Waals surface area contributed by atoms with Gasteiger partial charge in [-0.1, -0.05) is 5.57 Å². The number of rotatable bonds is 5. The fourth-order valence-electron chi connectivity index (χ4n) is 1.53. The highest BCUT2D eigenvalue weighted by atomic mass is 32.1. The maximum Gasteiger partial charge on any atom is 0.348 e. The summed E-state index contributed by atoms with van der Waals surface area (Å²) in [5.74, 6) is -1.12. The highest BCUT2D eigenvalue weighted by Gasteiger charge is 2.23. The van der Waals surface area contributed by atoms with Crippen LogP contribution in [0.3, 0.4) is 0 Å². The minimum atomic E-state index is -0.580. The third-order valence-electron chi connectivity index (χ3n) is 2.37. The zero-order valence-corrected chi connectivity index (χ0v) is 12.9. The van der Waals surface area contributed by atoms with Gasteiger partial charge in [0.15, 0.2) is 0 Å². The Morgan fingerprint density at radius 1 is 1.38 bits per heavy atom. The largest absolute Gasteiger partial charge is 0.462 e. The third kappa shape index (κ3) is 4.33. The van der Waals surface area contributed by atoms with Gasteiger partial charge in [-0.25, -0.2) is 9.59 Å². The molecule has 0 fully saturated rings. The van der Waals surface area contributed by atoms with Crippen LogP contribution < -0.4 is 5.73 Å². The Morgan fingerprint density at radius 3 is 2.57 bits per heavy atom. The van der Waals surface area contributed by atoms with Crippen molar-refractivity contribution < 1.29 is 19.1 Å². The number of hydrogen-bond donors (Lipinski definition) is 1. The molecule has 0 unspecified atom stereocenters. The first-order valence-corrected chi connectivity index (χ1v) is 7.02. The number of ether oxygens (including phenoxy) is 2. The van der Waals surface area contributed by atoms with Gasteiger partial charge in [-0.3, -0.25) is 0 Å². The van der Waals surface area contributed by atoms with Gasteiger partial charge < -0.3 is 15.2 Å². The van der Waals surface area contributed by atoms with Crippen LogP contribution in [0.25, 0.3) is 0 Å². The van der Waals surface area contributed by atoms with E-state index in [1.165, 1.54) is 6.08 Å². The van der Waals surface area contributed by atoms with Crippen LogP contribution in [0, 0.1) is 11.3 Å². The summed E-state index contributed by atoms with van der Waals surface area (Å²) in [5, 5.41) is 9.31. The number of thiophene rings is 1. The number of carbonyl (C=O) groups excluding carboxylic acids is 2. The van der Waals surface area contributed by atoms with E-state index < -0.39 is 11.9 Å². The average Bonchev–Trinajstić information content (AvgIpc) is 2.72. The molecule has 0 atom stereocenters. The highest BCUT2D eigenvalue weighted by molar-refractivity contribution is 7.18. The number of nitrogens with two attached hydrogens (primary N) is 1. The number of anilines is 1. The van der Waals surface area contributed by atoms with Crippen molar-refractivity contribution in [3.8, 4) is 6.07 Å². The van der Waals surface area contributed by atoms with E-state index in [1.54, 1.807) is 20.8 Å². The molecule has 0 aliphatic carbocycles. The van der Waals surface area contributed by atoms with Crippen LogP contribution in [0.15, 0.2) is 11.6 Å². The molecule has 0 radical (unpaired) electrons. The van der Waals surface area contributed by atoms with Crippen molar-refractivity contribution in [2.24, 2.45) is 0 Å². The van der Waals surface area contributed by atoms with Gasteiger partial charge >= 0.3 is 11.9 Å². The van der Waals surface area contributed by atoms with E-state index in [1.807, 2.05) is 6.07 Å². The van der Waals surface area contributed by atoms with Crippen LogP contribution in [0.5, 0.6) is 0 Å². The molecule has 21 heavy (non-hydrogen) atoms.